The minimum atomic E-state index is -4.23. The first-order valence-electron chi connectivity index (χ1n) is 9.19. The van der Waals surface area contributed by atoms with Crippen molar-refractivity contribution in [2.24, 2.45) is 0 Å². The van der Waals surface area contributed by atoms with E-state index in [0.717, 1.165) is 5.56 Å². The lowest BCUT2D eigenvalue weighted by Crippen LogP contribution is -2.40. The summed E-state index contributed by atoms with van der Waals surface area (Å²) in [5.74, 6) is 0. The van der Waals surface area contributed by atoms with Crippen molar-refractivity contribution in [2.75, 3.05) is 39.4 Å². The van der Waals surface area contributed by atoms with Gasteiger partial charge in [-0.1, -0.05) is 30.3 Å². The van der Waals surface area contributed by atoms with Crippen LogP contribution in [0.25, 0.3) is 0 Å². The van der Waals surface area contributed by atoms with E-state index in [0.29, 0.717) is 17.6 Å². The molecule has 22 heavy (non-hydrogen) atoms. The van der Waals surface area contributed by atoms with Crippen LogP contribution in [0, 0.1) is 0 Å². The number of hydrogen-bond donors (Lipinski definition) is 2. The lowest BCUT2D eigenvalue weighted by Gasteiger charge is -2.43. The molecular formula is C15H25N2O4P. The van der Waals surface area contributed by atoms with Gasteiger partial charge in [0, 0.05) is 31.1 Å². The first-order valence-corrected chi connectivity index (χ1v) is 8.72. The third-order valence-electron chi connectivity index (χ3n) is 3.54. The van der Waals surface area contributed by atoms with Crippen molar-refractivity contribution in [3.63, 3.8) is 0 Å². The van der Waals surface area contributed by atoms with Gasteiger partial charge in [-0.25, -0.2) is 9.34 Å². The lowest BCUT2D eigenvalue weighted by atomic mass is 10.1. The van der Waals surface area contributed by atoms with Crippen LogP contribution in [0.2, 0.25) is 0 Å². The van der Waals surface area contributed by atoms with E-state index in [1.54, 1.807) is 6.92 Å². The zero-order valence-electron chi connectivity index (χ0n) is 16.6. The standard InChI is InChI=1S/C15H25N2O4P/c1-14(15-6-3-2-4-7-15)17-8-5-13-21-22(17,20)16(9-11-18)10-12-19/h2-4,6-7,14,18-19H,5,8-13H2,1H3/i9T2,10T2. The first-order chi connectivity index (χ1) is 12.1. The second kappa shape index (κ2) is 8.20. The summed E-state index contributed by atoms with van der Waals surface area (Å²) in [5.41, 5.74) is 0.812. The monoisotopic (exact) mass is 336 g/mol. The number of aliphatic hydroxyl groups excluding tert-OH is 2. The Hall–Kier alpha value is -0.750. The van der Waals surface area contributed by atoms with Gasteiger partial charge in [-0.2, -0.15) is 0 Å². The molecule has 2 N–H and O–H groups in total. The second-order valence-electron chi connectivity index (χ2n) is 4.87. The molecule has 0 amide bonds. The van der Waals surface area contributed by atoms with Gasteiger partial charge < -0.3 is 14.7 Å². The first kappa shape index (κ1) is 12.6. The van der Waals surface area contributed by atoms with Gasteiger partial charge in [0.15, 0.2) is 0 Å². The maximum absolute atomic E-state index is 13.8. The van der Waals surface area contributed by atoms with Gasteiger partial charge in [0.1, 0.15) is 0 Å². The highest BCUT2D eigenvalue weighted by Crippen LogP contribution is 2.59. The molecule has 1 aromatic rings. The van der Waals surface area contributed by atoms with Crippen molar-refractivity contribution in [3.05, 3.63) is 35.9 Å². The fraction of sp³-hybridized carbons (Fsp3) is 0.600. The van der Waals surface area contributed by atoms with Crippen LogP contribution in [-0.2, 0) is 9.09 Å². The molecule has 0 aliphatic carbocycles. The van der Waals surface area contributed by atoms with E-state index in [9.17, 15) is 14.8 Å². The van der Waals surface area contributed by atoms with Crippen LogP contribution in [0.5, 0.6) is 0 Å². The Kier molecular flexibility index (Phi) is 4.71. The molecule has 7 heteroatoms. The Morgan fingerprint density at radius 1 is 1.36 bits per heavy atom. The molecule has 124 valence electrons. The van der Waals surface area contributed by atoms with Crippen LogP contribution in [0.15, 0.2) is 30.3 Å². The summed E-state index contributed by atoms with van der Waals surface area (Å²) in [6, 6.07) is 8.68. The Bertz CT molecular complexity index is 634. The smallest absolute Gasteiger partial charge is 0.346 e. The highest BCUT2D eigenvalue weighted by atomic mass is 31.2. The molecule has 0 radical (unpaired) electrons. The van der Waals surface area contributed by atoms with E-state index >= 15 is 0 Å². The SMILES string of the molecule is [3H]C([3H])(CO)N(C([3H])([3H])CO)P1(=O)OCCCN1C(C)c1ccccc1. The number of hydrogen-bond acceptors (Lipinski definition) is 4. The molecule has 0 aromatic heterocycles. The average molecular weight is 336 g/mol. The lowest BCUT2D eigenvalue weighted by molar-refractivity contribution is 0.126. The molecule has 2 rings (SSSR count). The Balaban J connectivity index is 2.53. The average Bonchev–Trinajstić information content (AvgIpc) is 2.61. The van der Waals surface area contributed by atoms with Crippen molar-refractivity contribution in [2.45, 2.75) is 19.4 Å². The summed E-state index contributed by atoms with van der Waals surface area (Å²) in [4.78, 5) is 0. The van der Waals surface area contributed by atoms with Crippen LogP contribution in [-0.4, -0.2) is 58.9 Å². The van der Waals surface area contributed by atoms with Crippen molar-refractivity contribution >= 4 is 7.67 Å². The van der Waals surface area contributed by atoms with Gasteiger partial charge in [0.05, 0.1) is 19.8 Å². The summed E-state index contributed by atoms with van der Waals surface area (Å²) in [5, 5.41) is 18.9. The normalized spacial score (nSPS) is 28.5. The molecule has 0 bridgehead atoms. The van der Waals surface area contributed by atoms with Crippen molar-refractivity contribution in [1.29, 1.82) is 0 Å². The molecule has 1 aromatic carbocycles. The number of benzene rings is 1. The van der Waals surface area contributed by atoms with Crippen molar-refractivity contribution < 1.29 is 24.8 Å². The fourth-order valence-corrected chi connectivity index (χ4v) is 4.78. The molecule has 1 heterocycles. The third kappa shape index (κ3) is 3.77. The molecule has 1 aliphatic rings. The fourth-order valence-electron chi connectivity index (χ4n) is 2.47. The maximum atomic E-state index is 13.8. The van der Waals surface area contributed by atoms with Crippen molar-refractivity contribution in [3.8, 4) is 0 Å². The van der Waals surface area contributed by atoms with Gasteiger partial charge in [-0.15, -0.1) is 0 Å². The number of nitrogens with zero attached hydrogens (tertiary/aromatic N) is 2. The topological polar surface area (TPSA) is 73.2 Å². The zero-order valence-corrected chi connectivity index (χ0v) is 13.4. The summed E-state index contributed by atoms with van der Waals surface area (Å²) < 4.78 is 53.1. The van der Waals surface area contributed by atoms with E-state index in [1.807, 2.05) is 30.3 Å². The highest BCUT2D eigenvalue weighted by Gasteiger charge is 2.43. The third-order valence-corrected chi connectivity index (χ3v) is 6.04. The van der Waals surface area contributed by atoms with Gasteiger partial charge in [0.2, 0.25) is 0 Å². The van der Waals surface area contributed by atoms with E-state index in [2.05, 4.69) is 0 Å². The van der Waals surface area contributed by atoms with Crippen molar-refractivity contribution in [1.82, 2.24) is 9.34 Å². The minimum Gasteiger partial charge on any atom is -0.395 e. The number of rotatable bonds is 7. The molecule has 2 atom stereocenters. The minimum absolute atomic E-state index is 0.0643. The second-order valence-corrected chi connectivity index (χ2v) is 7.02. The van der Waals surface area contributed by atoms with Crippen LogP contribution in [0.3, 0.4) is 0 Å². The Labute approximate surface area is 137 Å². The summed E-state index contributed by atoms with van der Waals surface area (Å²) >= 11 is 0. The van der Waals surface area contributed by atoms with Gasteiger partial charge >= 0.3 is 7.67 Å². The van der Waals surface area contributed by atoms with Crippen LogP contribution < -0.4 is 0 Å². The zero-order chi connectivity index (χ0) is 19.6. The predicted octanol–water partition coefficient (Wildman–Crippen LogP) is 1.86. The van der Waals surface area contributed by atoms with E-state index in [4.69, 9.17) is 10.0 Å². The van der Waals surface area contributed by atoms with Gasteiger partial charge in [0.25, 0.3) is 0 Å². The Morgan fingerprint density at radius 2 is 2.00 bits per heavy atom. The van der Waals surface area contributed by atoms with Crippen LogP contribution in [0.1, 0.15) is 30.4 Å². The molecule has 0 saturated carbocycles. The molecule has 2 unspecified atom stereocenters. The predicted molar refractivity (Wildman–Crippen MR) is 85.5 cm³/mol. The van der Waals surface area contributed by atoms with E-state index < -0.39 is 39.9 Å². The van der Waals surface area contributed by atoms with Gasteiger partial charge in [-0.3, -0.25) is 4.57 Å². The molecular weight excluding hydrogens is 303 g/mol. The Morgan fingerprint density at radius 3 is 2.59 bits per heavy atom. The highest BCUT2D eigenvalue weighted by molar-refractivity contribution is 7.54. The molecule has 6 nitrogen and oxygen atoms in total. The maximum Gasteiger partial charge on any atom is 0.346 e. The summed E-state index contributed by atoms with van der Waals surface area (Å²) in [6.45, 7) is -5.47. The molecule has 0 spiro atoms. The molecule has 1 fully saturated rings. The van der Waals surface area contributed by atoms with Crippen LogP contribution >= 0.6 is 7.67 Å². The largest absolute Gasteiger partial charge is 0.395 e. The number of aliphatic hydroxyl groups is 2. The molecule has 1 saturated heterocycles. The molecule has 1 aliphatic heterocycles. The van der Waals surface area contributed by atoms with Gasteiger partial charge in [-0.05, 0) is 18.9 Å². The summed E-state index contributed by atoms with van der Waals surface area (Å²) in [7, 11) is -4.23. The van der Waals surface area contributed by atoms with E-state index in [-0.39, 0.29) is 6.61 Å². The summed E-state index contributed by atoms with van der Waals surface area (Å²) in [6.07, 6.45) is 0.541. The van der Waals surface area contributed by atoms with Crippen LogP contribution in [0.4, 0.5) is 0 Å². The quantitative estimate of drug-likeness (QED) is 0.741. The van der Waals surface area contributed by atoms with E-state index in [1.165, 1.54) is 4.67 Å².